The number of thiophene rings is 1. The second-order valence-electron chi connectivity index (χ2n) is 4.02. The molecule has 1 aliphatic heterocycles. The van der Waals surface area contributed by atoms with Crippen molar-refractivity contribution in [2.24, 2.45) is 0 Å². The summed E-state index contributed by atoms with van der Waals surface area (Å²) in [6.07, 6.45) is 0.528. The van der Waals surface area contributed by atoms with Gasteiger partial charge in [-0.05, 0) is 35.0 Å². The minimum atomic E-state index is 0. The van der Waals surface area contributed by atoms with Crippen molar-refractivity contribution in [1.29, 1.82) is 0 Å². The third-order valence-electron chi connectivity index (χ3n) is 2.78. The Morgan fingerprint density at radius 1 is 1.65 bits per heavy atom. The van der Waals surface area contributed by atoms with Crippen molar-refractivity contribution in [3.05, 3.63) is 20.8 Å². The monoisotopic (exact) mass is 338 g/mol. The molecule has 1 aromatic heterocycles. The van der Waals surface area contributed by atoms with Crippen LogP contribution in [0.3, 0.4) is 0 Å². The summed E-state index contributed by atoms with van der Waals surface area (Å²) in [5, 5.41) is 3.29. The van der Waals surface area contributed by atoms with Crippen molar-refractivity contribution in [1.82, 2.24) is 10.2 Å². The molecule has 0 aromatic carbocycles. The van der Waals surface area contributed by atoms with Crippen LogP contribution in [0.25, 0.3) is 0 Å². The molecule has 1 aromatic rings. The molecular formula is C11H16BrClN2OS. The van der Waals surface area contributed by atoms with E-state index < -0.39 is 0 Å². The number of rotatable bonds is 2. The lowest BCUT2D eigenvalue weighted by Gasteiger charge is -2.34. The molecule has 0 spiro atoms. The number of carbonyl (C=O) groups is 1. The molecular weight excluding hydrogens is 324 g/mol. The fourth-order valence-corrected chi connectivity index (χ4v) is 3.38. The predicted molar refractivity (Wildman–Crippen MR) is 77.0 cm³/mol. The van der Waals surface area contributed by atoms with Crippen LogP contribution >= 0.6 is 39.7 Å². The maximum atomic E-state index is 12.1. The summed E-state index contributed by atoms with van der Waals surface area (Å²) < 4.78 is 1.09. The van der Waals surface area contributed by atoms with Crippen LogP contribution in [-0.2, 0) is 11.2 Å². The number of hydrogen-bond acceptors (Lipinski definition) is 3. The van der Waals surface area contributed by atoms with Crippen LogP contribution in [0.15, 0.2) is 15.9 Å². The van der Waals surface area contributed by atoms with E-state index in [0.717, 1.165) is 28.3 Å². The molecule has 1 amide bonds. The summed E-state index contributed by atoms with van der Waals surface area (Å²) in [5.74, 6) is 0.239. The van der Waals surface area contributed by atoms with Gasteiger partial charge in [-0.15, -0.1) is 23.7 Å². The van der Waals surface area contributed by atoms with Crippen molar-refractivity contribution < 1.29 is 4.79 Å². The first-order chi connectivity index (χ1) is 7.66. The molecule has 0 saturated carbocycles. The van der Waals surface area contributed by atoms with Gasteiger partial charge in [0.25, 0.3) is 0 Å². The molecule has 1 fully saturated rings. The number of hydrogen-bond donors (Lipinski definition) is 1. The van der Waals surface area contributed by atoms with E-state index in [-0.39, 0.29) is 18.3 Å². The Morgan fingerprint density at radius 3 is 3.00 bits per heavy atom. The van der Waals surface area contributed by atoms with Gasteiger partial charge in [-0.3, -0.25) is 4.79 Å². The van der Waals surface area contributed by atoms with E-state index in [1.54, 1.807) is 11.3 Å². The van der Waals surface area contributed by atoms with E-state index in [1.807, 2.05) is 17.0 Å². The Bertz CT molecular complexity index is 385. The fourth-order valence-electron chi connectivity index (χ4n) is 1.91. The molecule has 1 unspecified atom stereocenters. The summed E-state index contributed by atoms with van der Waals surface area (Å²) >= 11 is 5.05. The molecule has 17 heavy (non-hydrogen) atoms. The van der Waals surface area contributed by atoms with Crippen molar-refractivity contribution >= 4 is 45.6 Å². The second kappa shape index (κ2) is 6.73. The Hall–Kier alpha value is -0.100. The van der Waals surface area contributed by atoms with Gasteiger partial charge in [0.05, 0.1) is 10.2 Å². The molecule has 3 nitrogen and oxygen atoms in total. The highest BCUT2D eigenvalue weighted by atomic mass is 79.9. The third-order valence-corrected chi connectivity index (χ3v) is 4.40. The maximum Gasteiger partial charge on any atom is 0.228 e. The van der Waals surface area contributed by atoms with Gasteiger partial charge in [0.1, 0.15) is 0 Å². The largest absolute Gasteiger partial charge is 0.337 e. The average molecular weight is 340 g/mol. The standard InChI is InChI=1S/C11H15BrN2OS.ClH/c1-8-7-13-4-5-14(8)11(15)6-9-2-3-10(12)16-9;/h2-3,8,13H,4-7H2,1H3;1H. The first-order valence-corrected chi connectivity index (χ1v) is 7.02. The number of amides is 1. The van der Waals surface area contributed by atoms with Gasteiger partial charge < -0.3 is 10.2 Å². The van der Waals surface area contributed by atoms with Crippen molar-refractivity contribution in [2.45, 2.75) is 19.4 Å². The first-order valence-electron chi connectivity index (χ1n) is 5.41. The van der Waals surface area contributed by atoms with E-state index in [4.69, 9.17) is 0 Å². The predicted octanol–water partition coefficient (Wildman–Crippen LogP) is 2.30. The van der Waals surface area contributed by atoms with Crippen LogP contribution in [0, 0.1) is 0 Å². The number of nitrogens with zero attached hydrogens (tertiary/aromatic N) is 1. The van der Waals surface area contributed by atoms with Crippen LogP contribution in [0.5, 0.6) is 0 Å². The molecule has 0 aliphatic carbocycles. The Morgan fingerprint density at radius 2 is 2.41 bits per heavy atom. The van der Waals surface area contributed by atoms with E-state index >= 15 is 0 Å². The molecule has 0 radical (unpaired) electrons. The molecule has 0 bridgehead atoms. The zero-order chi connectivity index (χ0) is 11.5. The number of carbonyl (C=O) groups excluding carboxylic acids is 1. The molecule has 6 heteroatoms. The normalized spacial score (nSPS) is 19.9. The van der Waals surface area contributed by atoms with Gasteiger partial charge in [-0.2, -0.15) is 0 Å². The van der Waals surface area contributed by atoms with Crippen molar-refractivity contribution in [2.75, 3.05) is 19.6 Å². The van der Waals surface area contributed by atoms with E-state index in [2.05, 4.69) is 28.2 Å². The van der Waals surface area contributed by atoms with Gasteiger partial charge in [0.15, 0.2) is 0 Å². The van der Waals surface area contributed by atoms with Gasteiger partial charge in [-0.25, -0.2) is 0 Å². The second-order valence-corrected chi connectivity index (χ2v) is 6.57. The Labute approximate surface area is 120 Å². The third kappa shape index (κ3) is 3.95. The molecule has 2 heterocycles. The van der Waals surface area contributed by atoms with E-state index in [1.165, 1.54) is 0 Å². The lowest BCUT2D eigenvalue weighted by Crippen LogP contribution is -2.52. The highest BCUT2D eigenvalue weighted by molar-refractivity contribution is 9.11. The lowest BCUT2D eigenvalue weighted by atomic mass is 10.2. The molecule has 1 atom stereocenters. The smallest absolute Gasteiger partial charge is 0.228 e. The Balaban J connectivity index is 0.00000144. The quantitative estimate of drug-likeness (QED) is 0.896. The molecule has 1 N–H and O–H groups in total. The van der Waals surface area contributed by atoms with Gasteiger partial charge >= 0.3 is 0 Å². The van der Waals surface area contributed by atoms with Crippen molar-refractivity contribution in [3.8, 4) is 0 Å². The summed E-state index contributed by atoms with van der Waals surface area (Å²) in [6.45, 7) is 4.73. The molecule has 1 aliphatic rings. The Kier molecular flexibility index (Phi) is 5.92. The number of piperazine rings is 1. The minimum Gasteiger partial charge on any atom is -0.337 e. The van der Waals surface area contributed by atoms with Gasteiger partial charge in [0.2, 0.25) is 5.91 Å². The van der Waals surface area contributed by atoms with Crippen molar-refractivity contribution in [3.63, 3.8) is 0 Å². The molecule has 2 rings (SSSR count). The first kappa shape index (κ1) is 15.0. The van der Waals surface area contributed by atoms with Gasteiger partial charge in [-0.1, -0.05) is 0 Å². The zero-order valence-corrected chi connectivity index (χ0v) is 12.8. The van der Waals surface area contributed by atoms with Gasteiger partial charge in [0, 0.05) is 30.6 Å². The highest BCUT2D eigenvalue weighted by Crippen LogP contribution is 2.23. The van der Waals surface area contributed by atoms with Crippen LogP contribution in [0.2, 0.25) is 0 Å². The average Bonchev–Trinajstić information content (AvgIpc) is 2.64. The SMILES string of the molecule is CC1CNCCN1C(=O)Cc1ccc(Br)s1.Cl. The highest BCUT2D eigenvalue weighted by Gasteiger charge is 2.23. The zero-order valence-electron chi connectivity index (χ0n) is 9.61. The number of halogens is 2. The summed E-state index contributed by atoms with van der Waals surface area (Å²) in [6, 6.07) is 4.32. The molecule has 1 saturated heterocycles. The van der Waals surface area contributed by atoms with Crippen LogP contribution < -0.4 is 5.32 Å². The number of nitrogens with one attached hydrogen (secondary N) is 1. The van der Waals surface area contributed by atoms with Crippen LogP contribution in [-0.4, -0.2) is 36.5 Å². The van der Waals surface area contributed by atoms with E-state index in [0.29, 0.717) is 12.5 Å². The lowest BCUT2D eigenvalue weighted by molar-refractivity contribution is -0.133. The van der Waals surface area contributed by atoms with E-state index in [9.17, 15) is 4.79 Å². The topological polar surface area (TPSA) is 32.3 Å². The van der Waals surface area contributed by atoms with Crippen LogP contribution in [0.4, 0.5) is 0 Å². The summed E-state index contributed by atoms with van der Waals surface area (Å²) in [7, 11) is 0. The fraction of sp³-hybridized carbons (Fsp3) is 0.545. The summed E-state index contributed by atoms with van der Waals surface area (Å²) in [5.41, 5.74) is 0. The summed E-state index contributed by atoms with van der Waals surface area (Å²) in [4.78, 5) is 15.2. The minimum absolute atomic E-state index is 0. The molecule has 96 valence electrons. The van der Waals surface area contributed by atoms with Crippen LogP contribution in [0.1, 0.15) is 11.8 Å². The maximum absolute atomic E-state index is 12.1.